The smallest absolute Gasteiger partial charge is 0.254 e. The monoisotopic (exact) mass is 548 g/mol. The molecule has 0 spiro atoms. The Morgan fingerprint density at radius 1 is 0.900 bits per heavy atom. The van der Waals surface area contributed by atoms with Crippen molar-refractivity contribution in [1.29, 1.82) is 0 Å². The van der Waals surface area contributed by atoms with Gasteiger partial charge in [-0.05, 0) is 42.0 Å². The number of hydrogen-bond donors (Lipinski definition) is 0. The summed E-state index contributed by atoms with van der Waals surface area (Å²) in [6, 6.07) is 21.3. The van der Waals surface area contributed by atoms with Crippen LogP contribution in [0.15, 0.2) is 72.9 Å². The van der Waals surface area contributed by atoms with Gasteiger partial charge in [0.25, 0.3) is 5.91 Å². The maximum Gasteiger partial charge on any atom is 0.254 e. The normalized spacial score (nSPS) is 13.7. The Balaban J connectivity index is 1.49. The van der Waals surface area contributed by atoms with Crippen LogP contribution in [-0.4, -0.2) is 104 Å². The summed E-state index contributed by atoms with van der Waals surface area (Å²) < 4.78 is 18.2. The molecule has 4 rings (SSSR count). The number of methoxy groups -OCH3 is 2. The highest BCUT2D eigenvalue weighted by Crippen LogP contribution is 2.15. The maximum absolute atomic E-state index is 13.8. The third-order valence-electron chi connectivity index (χ3n) is 7.13. The fourth-order valence-corrected chi connectivity index (χ4v) is 4.74. The van der Waals surface area contributed by atoms with E-state index in [4.69, 9.17) is 14.2 Å². The number of morpholine rings is 1. The SMILES string of the molecule is COCCN(Cc1cccn1Cc1ccccc1)C(=O)CN(CCN1CCOCC1)C(=O)c1ccc(OC)cc1. The summed E-state index contributed by atoms with van der Waals surface area (Å²) in [5.74, 6) is 0.383. The zero-order valence-electron chi connectivity index (χ0n) is 23.5. The number of carbonyl (C=O) groups excluding carboxylic acids is 2. The second kappa shape index (κ2) is 15.2. The molecule has 9 nitrogen and oxygen atoms in total. The Morgan fingerprint density at radius 2 is 1.65 bits per heavy atom. The van der Waals surface area contributed by atoms with Crippen molar-refractivity contribution in [3.05, 3.63) is 89.7 Å². The van der Waals surface area contributed by atoms with Gasteiger partial charge in [-0.25, -0.2) is 0 Å². The number of nitrogens with zero attached hydrogens (tertiary/aromatic N) is 4. The van der Waals surface area contributed by atoms with Gasteiger partial charge in [0.2, 0.25) is 5.91 Å². The van der Waals surface area contributed by atoms with Crippen LogP contribution in [0.1, 0.15) is 21.6 Å². The lowest BCUT2D eigenvalue weighted by atomic mass is 10.2. The molecule has 3 aromatic rings. The molecule has 2 aromatic carbocycles. The summed E-state index contributed by atoms with van der Waals surface area (Å²) in [5, 5.41) is 0. The number of amides is 2. The Morgan fingerprint density at radius 3 is 2.35 bits per heavy atom. The van der Waals surface area contributed by atoms with E-state index in [1.165, 1.54) is 5.56 Å². The topological polar surface area (TPSA) is 76.5 Å². The van der Waals surface area contributed by atoms with Gasteiger partial charge >= 0.3 is 0 Å². The molecule has 0 saturated carbocycles. The van der Waals surface area contributed by atoms with Gasteiger partial charge in [-0.2, -0.15) is 0 Å². The van der Waals surface area contributed by atoms with E-state index in [0.29, 0.717) is 57.3 Å². The Labute approximate surface area is 236 Å². The second-order valence-electron chi connectivity index (χ2n) is 9.83. The van der Waals surface area contributed by atoms with Gasteiger partial charge in [0, 0.05) is 63.8 Å². The molecule has 9 heteroatoms. The van der Waals surface area contributed by atoms with Gasteiger partial charge < -0.3 is 28.6 Å². The van der Waals surface area contributed by atoms with Crippen LogP contribution < -0.4 is 4.74 Å². The minimum Gasteiger partial charge on any atom is -0.497 e. The van der Waals surface area contributed by atoms with E-state index in [1.54, 1.807) is 48.3 Å². The molecule has 0 radical (unpaired) electrons. The summed E-state index contributed by atoms with van der Waals surface area (Å²) in [4.78, 5) is 33.1. The fraction of sp³-hybridized carbons (Fsp3) is 0.419. The first-order chi connectivity index (χ1) is 19.6. The number of benzene rings is 2. The zero-order valence-corrected chi connectivity index (χ0v) is 23.5. The lowest BCUT2D eigenvalue weighted by Gasteiger charge is -2.31. The average molecular weight is 549 g/mol. The van der Waals surface area contributed by atoms with Crippen LogP contribution in [0.25, 0.3) is 0 Å². The molecule has 1 fully saturated rings. The number of ether oxygens (including phenoxy) is 3. The Kier molecular flexibility index (Phi) is 11.2. The van der Waals surface area contributed by atoms with Crippen LogP contribution in [-0.2, 0) is 27.4 Å². The predicted octanol–water partition coefficient (Wildman–Crippen LogP) is 2.99. The number of hydrogen-bond acceptors (Lipinski definition) is 6. The lowest BCUT2D eigenvalue weighted by molar-refractivity contribution is -0.133. The zero-order chi connectivity index (χ0) is 28.2. The molecule has 1 aromatic heterocycles. The van der Waals surface area contributed by atoms with Crippen LogP contribution in [0.5, 0.6) is 5.75 Å². The first-order valence-electron chi connectivity index (χ1n) is 13.8. The maximum atomic E-state index is 13.8. The molecular weight excluding hydrogens is 508 g/mol. The van der Waals surface area contributed by atoms with Crippen LogP contribution in [0, 0.1) is 0 Å². The van der Waals surface area contributed by atoms with Crippen molar-refractivity contribution in [3.63, 3.8) is 0 Å². The summed E-state index contributed by atoms with van der Waals surface area (Å²) in [6.07, 6.45) is 2.03. The highest BCUT2D eigenvalue weighted by atomic mass is 16.5. The number of aromatic nitrogens is 1. The van der Waals surface area contributed by atoms with Crippen LogP contribution in [0.4, 0.5) is 0 Å². The van der Waals surface area contributed by atoms with E-state index in [9.17, 15) is 9.59 Å². The number of rotatable bonds is 14. The molecule has 0 bridgehead atoms. The quantitative estimate of drug-likeness (QED) is 0.308. The van der Waals surface area contributed by atoms with Gasteiger partial charge in [0.05, 0.1) is 33.5 Å². The minimum atomic E-state index is -0.177. The summed E-state index contributed by atoms with van der Waals surface area (Å²) in [5.41, 5.74) is 2.74. The third-order valence-corrected chi connectivity index (χ3v) is 7.13. The molecule has 0 N–H and O–H groups in total. The van der Waals surface area contributed by atoms with Crippen molar-refractivity contribution >= 4 is 11.8 Å². The summed E-state index contributed by atoms with van der Waals surface area (Å²) in [7, 11) is 3.22. The molecular formula is C31H40N4O5. The Bertz CT molecular complexity index is 1190. The van der Waals surface area contributed by atoms with E-state index < -0.39 is 0 Å². The summed E-state index contributed by atoms with van der Waals surface area (Å²) in [6.45, 7) is 6.08. The minimum absolute atomic E-state index is 0.0156. The van der Waals surface area contributed by atoms with E-state index in [0.717, 1.165) is 25.3 Å². The molecule has 0 atom stereocenters. The largest absolute Gasteiger partial charge is 0.497 e. The van der Waals surface area contributed by atoms with Gasteiger partial charge in [0.1, 0.15) is 12.3 Å². The Hall–Kier alpha value is -3.66. The molecule has 2 amide bonds. The van der Waals surface area contributed by atoms with Crippen molar-refractivity contribution in [1.82, 2.24) is 19.3 Å². The van der Waals surface area contributed by atoms with E-state index >= 15 is 0 Å². The molecule has 214 valence electrons. The molecule has 2 heterocycles. The average Bonchev–Trinajstić information content (AvgIpc) is 3.44. The first-order valence-corrected chi connectivity index (χ1v) is 13.8. The lowest BCUT2D eigenvalue weighted by Crippen LogP contribution is -2.47. The third kappa shape index (κ3) is 8.42. The van der Waals surface area contributed by atoms with Crippen molar-refractivity contribution in [2.24, 2.45) is 0 Å². The summed E-state index contributed by atoms with van der Waals surface area (Å²) >= 11 is 0. The van der Waals surface area contributed by atoms with Gasteiger partial charge in [0.15, 0.2) is 0 Å². The molecule has 40 heavy (non-hydrogen) atoms. The first kappa shape index (κ1) is 29.3. The van der Waals surface area contributed by atoms with Crippen molar-refractivity contribution < 1.29 is 23.8 Å². The van der Waals surface area contributed by atoms with Gasteiger partial charge in [-0.15, -0.1) is 0 Å². The van der Waals surface area contributed by atoms with Crippen molar-refractivity contribution in [2.75, 3.05) is 73.3 Å². The second-order valence-corrected chi connectivity index (χ2v) is 9.83. The molecule has 1 aliphatic heterocycles. The molecule has 0 unspecified atom stereocenters. The van der Waals surface area contributed by atoms with Crippen LogP contribution in [0.2, 0.25) is 0 Å². The highest BCUT2D eigenvalue weighted by molar-refractivity contribution is 5.96. The van der Waals surface area contributed by atoms with Crippen molar-refractivity contribution in [2.45, 2.75) is 13.1 Å². The van der Waals surface area contributed by atoms with Crippen LogP contribution >= 0.6 is 0 Å². The molecule has 1 saturated heterocycles. The van der Waals surface area contributed by atoms with Crippen molar-refractivity contribution in [3.8, 4) is 5.75 Å². The van der Waals surface area contributed by atoms with Gasteiger partial charge in [-0.3, -0.25) is 14.5 Å². The van der Waals surface area contributed by atoms with Crippen LogP contribution in [0.3, 0.4) is 0 Å². The standard InChI is InChI=1S/C31H40N4O5/c1-38-20-19-34(24-28-9-6-14-33(28)23-26-7-4-3-5-8-26)30(36)25-35(16-15-32-17-21-40-22-18-32)31(37)27-10-12-29(39-2)13-11-27/h3-14H,15-25H2,1-2H3. The van der Waals surface area contributed by atoms with E-state index in [2.05, 4.69) is 21.6 Å². The number of carbonyl (C=O) groups is 2. The molecule has 0 aliphatic carbocycles. The highest BCUT2D eigenvalue weighted by Gasteiger charge is 2.24. The molecule has 1 aliphatic rings. The van der Waals surface area contributed by atoms with E-state index in [-0.39, 0.29) is 18.4 Å². The van der Waals surface area contributed by atoms with E-state index in [1.807, 2.05) is 36.5 Å². The fourth-order valence-electron chi connectivity index (χ4n) is 4.74. The predicted molar refractivity (Wildman–Crippen MR) is 153 cm³/mol. The van der Waals surface area contributed by atoms with Gasteiger partial charge in [-0.1, -0.05) is 30.3 Å².